The molecular formula is C19H22N2O. The largest absolute Gasteiger partial charge is 0.380 e. The molecule has 0 unspecified atom stereocenters. The number of pyridine rings is 1. The minimum absolute atomic E-state index is 0.695. The molecule has 114 valence electrons. The van der Waals surface area contributed by atoms with Crippen LogP contribution in [0.25, 0.3) is 12.2 Å². The smallest absolute Gasteiger partial charge is 0.116 e. The maximum Gasteiger partial charge on any atom is 0.116 e. The van der Waals surface area contributed by atoms with Crippen LogP contribution in [0, 0.1) is 0 Å². The minimum Gasteiger partial charge on any atom is -0.380 e. The first-order valence-corrected chi connectivity index (χ1v) is 7.70. The molecule has 0 aliphatic heterocycles. The van der Waals surface area contributed by atoms with E-state index in [4.69, 9.17) is 0 Å². The van der Waals surface area contributed by atoms with Crippen molar-refractivity contribution in [1.29, 1.82) is 0 Å². The first-order valence-electron chi connectivity index (χ1n) is 7.70. The first-order chi connectivity index (χ1) is 10.6. The third-order valence-electron chi connectivity index (χ3n) is 4.29. The van der Waals surface area contributed by atoms with Crippen LogP contribution < -0.4 is 0 Å². The molecule has 0 amide bonds. The molecule has 1 aliphatic rings. The summed E-state index contributed by atoms with van der Waals surface area (Å²) in [5.74, 6) is 0. The van der Waals surface area contributed by atoms with Crippen molar-refractivity contribution in [2.45, 2.75) is 18.4 Å². The van der Waals surface area contributed by atoms with Gasteiger partial charge < -0.3 is 10.0 Å². The summed E-state index contributed by atoms with van der Waals surface area (Å²) in [7, 11) is 4.12. The Morgan fingerprint density at radius 1 is 1.05 bits per heavy atom. The Bertz CT molecular complexity index is 642. The van der Waals surface area contributed by atoms with Gasteiger partial charge in [-0.15, -0.1) is 0 Å². The van der Waals surface area contributed by atoms with Crippen LogP contribution in [0.1, 0.15) is 35.1 Å². The second kappa shape index (κ2) is 6.03. The highest BCUT2D eigenvalue weighted by Crippen LogP contribution is 2.40. The van der Waals surface area contributed by atoms with Gasteiger partial charge in [-0.1, -0.05) is 36.4 Å². The molecule has 0 radical (unpaired) electrons. The van der Waals surface area contributed by atoms with Gasteiger partial charge in [-0.05, 0) is 61.8 Å². The minimum atomic E-state index is -0.964. The summed E-state index contributed by atoms with van der Waals surface area (Å²) >= 11 is 0. The standard InChI is InChI=1S/C19H22N2O/c1-21(2)13-5-11-19(22)17-7-4-3-6-15(17)8-9-16-14-20-12-10-18(16)19/h3-4,6-10,12,14,22H,5,11,13H2,1-2H3/t19-/m0/s1. The van der Waals surface area contributed by atoms with Crippen LogP contribution in [-0.4, -0.2) is 35.6 Å². The molecule has 1 aromatic carbocycles. The molecule has 1 N–H and O–H groups in total. The summed E-state index contributed by atoms with van der Waals surface area (Å²) < 4.78 is 0. The number of aliphatic hydroxyl groups is 1. The second-order valence-corrected chi connectivity index (χ2v) is 6.15. The van der Waals surface area contributed by atoms with Crippen LogP contribution >= 0.6 is 0 Å². The lowest BCUT2D eigenvalue weighted by atomic mass is 9.80. The fraction of sp³-hybridized carbons (Fsp3) is 0.316. The molecule has 1 aromatic heterocycles. The molecule has 0 bridgehead atoms. The Balaban J connectivity index is 2.08. The van der Waals surface area contributed by atoms with Gasteiger partial charge in [0.1, 0.15) is 5.60 Å². The van der Waals surface area contributed by atoms with Crippen molar-refractivity contribution in [3.8, 4) is 0 Å². The van der Waals surface area contributed by atoms with Gasteiger partial charge >= 0.3 is 0 Å². The van der Waals surface area contributed by atoms with Gasteiger partial charge in [-0.25, -0.2) is 0 Å². The lowest BCUT2D eigenvalue weighted by Gasteiger charge is -2.31. The Morgan fingerprint density at radius 2 is 1.77 bits per heavy atom. The molecule has 1 atom stereocenters. The maximum absolute atomic E-state index is 11.6. The fourth-order valence-electron chi connectivity index (χ4n) is 3.18. The van der Waals surface area contributed by atoms with Crippen LogP contribution in [0.3, 0.4) is 0 Å². The molecule has 0 saturated carbocycles. The van der Waals surface area contributed by atoms with E-state index < -0.39 is 5.60 Å². The molecule has 2 aromatic rings. The zero-order chi connectivity index (χ0) is 15.6. The van der Waals surface area contributed by atoms with Crippen LogP contribution in [0.5, 0.6) is 0 Å². The highest BCUT2D eigenvalue weighted by Gasteiger charge is 2.35. The van der Waals surface area contributed by atoms with Gasteiger partial charge in [0.25, 0.3) is 0 Å². The maximum atomic E-state index is 11.6. The molecule has 3 heteroatoms. The highest BCUT2D eigenvalue weighted by atomic mass is 16.3. The van der Waals surface area contributed by atoms with Crippen molar-refractivity contribution < 1.29 is 5.11 Å². The molecule has 3 rings (SSSR count). The Kier molecular flexibility index (Phi) is 4.10. The van der Waals surface area contributed by atoms with Crippen LogP contribution in [0.15, 0.2) is 42.7 Å². The monoisotopic (exact) mass is 294 g/mol. The lowest BCUT2D eigenvalue weighted by molar-refractivity contribution is 0.0662. The highest BCUT2D eigenvalue weighted by molar-refractivity contribution is 5.76. The van der Waals surface area contributed by atoms with Crippen LogP contribution in [-0.2, 0) is 5.60 Å². The van der Waals surface area contributed by atoms with E-state index in [0.29, 0.717) is 6.42 Å². The normalized spacial score (nSPS) is 19.6. The fourth-order valence-corrected chi connectivity index (χ4v) is 3.18. The van der Waals surface area contributed by atoms with Gasteiger partial charge in [-0.2, -0.15) is 0 Å². The average molecular weight is 294 g/mol. The van der Waals surface area contributed by atoms with Crippen molar-refractivity contribution in [2.24, 2.45) is 0 Å². The summed E-state index contributed by atoms with van der Waals surface area (Å²) in [6.07, 6.45) is 9.33. The van der Waals surface area contributed by atoms with Crippen molar-refractivity contribution in [3.05, 3.63) is 65.0 Å². The Hall–Kier alpha value is -1.97. The molecule has 0 spiro atoms. The van der Waals surface area contributed by atoms with E-state index in [0.717, 1.165) is 35.2 Å². The average Bonchev–Trinajstić information content (AvgIpc) is 2.64. The van der Waals surface area contributed by atoms with Gasteiger partial charge in [0.2, 0.25) is 0 Å². The van der Waals surface area contributed by atoms with E-state index in [2.05, 4.69) is 36.1 Å². The number of rotatable bonds is 4. The van der Waals surface area contributed by atoms with Crippen molar-refractivity contribution in [1.82, 2.24) is 9.88 Å². The molecular weight excluding hydrogens is 272 g/mol. The predicted molar refractivity (Wildman–Crippen MR) is 90.4 cm³/mol. The number of nitrogens with zero attached hydrogens (tertiary/aromatic N) is 2. The molecule has 3 nitrogen and oxygen atoms in total. The van der Waals surface area contributed by atoms with Gasteiger partial charge in [-0.3, -0.25) is 4.98 Å². The van der Waals surface area contributed by atoms with E-state index in [1.165, 1.54) is 0 Å². The number of fused-ring (bicyclic) bond motifs is 2. The number of aromatic nitrogens is 1. The molecule has 0 saturated heterocycles. The molecule has 0 fully saturated rings. The molecule has 1 heterocycles. The van der Waals surface area contributed by atoms with E-state index in [1.54, 1.807) is 6.20 Å². The molecule has 22 heavy (non-hydrogen) atoms. The number of benzene rings is 1. The van der Waals surface area contributed by atoms with E-state index in [9.17, 15) is 5.11 Å². The van der Waals surface area contributed by atoms with Gasteiger partial charge in [0.15, 0.2) is 0 Å². The lowest BCUT2D eigenvalue weighted by Crippen LogP contribution is -2.30. The third kappa shape index (κ3) is 2.70. The van der Waals surface area contributed by atoms with E-state index in [1.807, 2.05) is 36.5 Å². The Morgan fingerprint density at radius 3 is 2.59 bits per heavy atom. The SMILES string of the molecule is CN(C)CCC[C@]1(O)c2ccccc2C=Cc2cnccc21. The second-order valence-electron chi connectivity index (χ2n) is 6.15. The van der Waals surface area contributed by atoms with Gasteiger partial charge in [0.05, 0.1) is 0 Å². The zero-order valence-corrected chi connectivity index (χ0v) is 13.2. The Labute approximate surface area is 131 Å². The van der Waals surface area contributed by atoms with Crippen molar-refractivity contribution >= 4 is 12.2 Å². The van der Waals surface area contributed by atoms with Crippen molar-refractivity contribution in [3.63, 3.8) is 0 Å². The first kappa shape index (κ1) is 14.9. The topological polar surface area (TPSA) is 36.4 Å². The van der Waals surface area contributed by atoms with Crippen molar-refractivity contribution in [2.75, 3.05) is 20.6 Å². The van der Waals surface area contributed by atoms with E-state index >= 15 is 0 Å². The van der Waals surface area contributed by atoms with Gasteiger partial charge in [0, 0.05) is 12.4 Å². The predicted octanol–water partition coefficient (Wildman–Crippen LogP) is 3.14. The van der Waals surface area contributed by atoms with E-state index in [-0.39, 0.29) is 0 Å². The quantitative estimate of drug-likeness (QED) is 0.941. The van der Waals surface area contributed by atoms with Crippen LogP contribution in [0.2, 0.25) is 0 Å². The summed E-state index contributed by atoms with van der Waals surface area (Å²) in [4.78, 5) is 6.36. The number of hydrogen-bond acceptors (Lipinski definition) is 3. The summed E-state index contributed by atoms with van der Waals surface area (Å²) in [5.41, 5.74) is 3.03. The zero-order valence-electron chi connectivity index (χ0n) is 13.2. The van der Waals surface area contributed by atoms with Crippen LogP contribution in [0.4, 0.5) is 0 Å². The number of hydrogen-bond donors (Lipinski definition) is 1. The summed E-state index contributed by atoms with van der Waals surface area (Å²) in [6, 6.07) is 10.0. The molecule has 1 aliphatic carbocycles. The summed E-state index contributed by atoms with van der Waals surface area (Å²) in [5, 5.41) is 11.6. The summed E-state index contributed by atoms with van der Waals surface area (Å²) in [6.45, 7) is 0.957. The third-order valence-corrected chi connectivity index (χ3v) is 4.29.